The number of carbonyl (C=O) groups excluding carboxylic acids is 1. The minimum Gasteiger partial charge on any atom is -0.494 e. The molecule has 1 amide bonds. The highest BCUT2D eigenvalue weighted by atomic mass is 16.5. The van der Waals surface area contributed by atoms with Crippen molar-refractivity contribution >= 4 is 5.91 Å². The second-order valence-corrected chi connectivity index (χ2v) is 7.10. The summed E-state index contributed by atoms with van der Waals surface area (Å²) in [5.41, 5.74) is 2.20. The van der Waals surface area contributed by atoms with Gasteiger partial charge in [-0.1, -0.05) is 25.7 Å². The van der Waals surface area contributed by atoms with Crippen LogP contribution in [0, 0.1) is 5.92 Å². The Hall–Kier alpha value is -1.71. The lowest BCUT2D eigenvalue weighted by atomic mass is 10.0. The molecule has 1 atom stereocenters. The molecule has 1 aromatic carbocycles. The number of carbonyl (C=O) groups is 1. The molecule has 2 aliphatic rings. The van der Waals surface area contributed by atoms with E-state index in [1.54, 1.807) is 0 Å². The molecule has 1 unspecified atom stereocenters. The van der Waals surface area contributed by atoms with Crippen LogP contribution >= 0.6 is 0 Å². The van der Waals surface area contributed by atoms with Gasteiger partial charge in [-0.2, -0.15) is 0 Å². The molecule has 0 aromatic heterocycles. The molecule has 1 N–H and O–H groups in total. The number of amides is 1. The van der Waals surface area contributed by atoms with E-state index in [4.69, 9.17) is 9.47 Å². The van der Waals surface area contributed by atoms with Gasteiger partial charge in [0.25, 0.3) is 0 Å². The number of hydrogen-bond acceptors (Lipinski definition) is 3. The molecule has 0 spiro atoms. The molecule has 1 aliphatic heterocycles. The molecule has 1 aromatic rings. The summed E-state index contributed by atoms with van der Waals surface area (Å²) in [5.74, 6) is 2.69. The van der Waals surface area contributed by atoms with Crippen molar-refractivity contribution in [3.8, 4) is 11.5 Å². The number of benzene rings is 1. The first-order chi connectivity index (χ1) is 11.7. The molecule has 24 heavy (non-hydrogen) atoms. The fourth-order valence-corrected chi connectivity index (χ4v) is 3.83. The first-order valence-electron chi connectivity index (χ1n) is 9.37. The molecule has 1 aliphatic carbocycles. The molecule has 0 bridgehead atoms. The monoisotopic (exact) mass is 331 g/mol. The number of rotatable bonds is 7. The maximum atomic E-state index is 12.1. The first-order valence-corrected chi connectivity index (χ1v) is 9.37. The van der Waals surface area contributed by atoms with Crippen LogP contribution in [0.3, 0.4) is 0 Å². The molecule has 0 saturated heterocycles. The fraction of sp³-hybridized carbons (Fsp3) is 0.650. The highest BCUT2D eigenvalue weighted by molar-refractivity contribution is 5.76. The van der Waals surface area contributed by atoms with E-state index in [1.807, 2.05) is 13.0 Å². The van der Waals surface area contributed by atoms with Gasteiger partial charge in [-0.3, -0.25) is 4.79 Å². The average molecular weight is 331 g/mol. The average Bonchev–Trinajstić information content (AvgIpc) is 3.19. The minimum atomic E-state index is 0.138. The summed E-state index contributed by atoms with van der Waals surface area (Å²) in [6, 6.07) is 4.10. The van der Waals surface area contributed by atoms with Gasteiger partial charge in [0, 0.05) is 30.5 Å². The van der Waals surface area contributed by atoms with E-state index in [9.17, 15) is 4.79 Å². The zero-order chi connectivity index (χ0) is 16.9. The molecule has 1 fully saturated rings. The van der Waals surface area contributed by atoms with Crippen LogP contribution in [0.1, 0.15) is 63.5 Å². The smallest absolute Gasteiger partial charge is 0.220 e. The van der Waals surface area contributed by atoms with Crippen molar-refractivity contribution in [1.82, 2.24) is 5.32 Å². The van der Waals surface area contributed by atoms with Crippen molar-refractivity contribution in [1.29, 1.82) is 0 Å². The molecule has 132 valence electrons. The Balaban J connectivity index is 1.57. The third kappa shape index (κ3) is 4.22. The van der Waals surface area contributed by atoms with Gasteiger partial charge in [-0.25, -0.2) is 0 Å². The predicted octanol–water partition coefficient (Wildman–Crippen LogP) is 4.00. The molecule has 4 nitrogen and oxygen atoms in total. The third-order valence-electron chi connectivity index (χ3n) is 5.11. The SMILES string of the molecule is CCOc1cc2c(cc1CNC(=O)CCC1CCCC1)OC(C)C2. The lowest BCUT2D eigenvalue weighted by Gasteiger charge is -2.14. The van der Waals surface area contributed by atoms with E-state index >= 15 is 0 Å². The van der Waals surface area contributed by atoms with E-state index in [0.29, 0.717) is 19.6 Å². The Morgan fingerprint density at radius 1 is 1.33 bits per heavy atom. The number of nitrogens with one attached hydrogen (secondary N) is 1. The maximum absolute atomic E-state index is 12.1. The van der Waals surface area contributed by atoms with Crippen LogP contribution < -0.4 is 14.8 Å². The highest BCUT2D eigenvalue weighted by Gasteiger charge is 2.22. The van der Waals surface area contributed by atoms with Crippen molar-refractivity contribution in [2.45, 2.75) is 71.4 Å². The van der Waals surface area contributed by atoms with E-state index in [2.05, 4.69) is 18.3 Å². The predicted molar refractivity (Wildman–Crippen MR) is 94.4 cm³/mol. The molecule has 3 rings (SSSR count). The Morgan fingerprint density at radius 2 is 2.12 bits per heavy atom. The summed E-state index contributed by atoms with van der Waals surface area (Å²) in [7, 11) is 0. The van der Waals surface area contributed by atoms with Crippen molar-refractivity contribution in [2.75, 3.05) is 6.61 Å². The van der Waals surface area contributed by atoms with Crippen LogP contribution in [0.2, 0.25) is 0 Å². The number of hydrogen-bond donors (Lipinski definition) is 1. The lowest BCUT2D eigenvalue weighted by molar-refractivity contribution is -0.121. The van der Waals surface area contributed by atoms with Crippen LogP contribution in [0.25, 0.3) is 0 Å². The zero-order valence-corrected chi connectivity index (χ0v) is 14.9. The van der Waals surface area contributed by atoms with E-state index in [0.717, 1.165) is 35.8 Å². The Bertz CT molecular complexity index is 578. The lowest BCUT2D eigenvalue weighted by Crippen LogP contribution is -2.23. The Morgan fingerprint density at radius 3 is 2.88 bits per heavy atom. The van der Waals surface area contributed by atoms with Crippen LogP contribution in [0.15, 0.2) is 12.1 Å². The van der Waals surface area contributed by atoms with Crippen molar-refractivity contribution in [2.24, 2.45) is 5.92 Å². The quantitative estimate of drug-likeness (QED) is 0.821. The molecule has 1 heterocycles. The topological polar surface area (TPSA) is 47.6 Å². The summed E-state index contributed by atoms with van der Waals surface area (Å²) in [6.45, 7) is 5.18. The highest BCUT2D eigenvalue weighted by Crippen LogP contribution is 2.35. The maximum Gasteiger partial charge on any atom is 0.220 e. The first kappa shape index (κ1) is 17.1. The van der Waals surface area contributed by atoms with Gasteiger partial charge in [-0.05, 0) is 38.3 Å². The minimum absolute atomic E-state index is 0.138. The molecule has 4 heteroatoms. The van der Waals surface area contributed by atoms with Gasteiger partial charge in [-0.15, -0.1) is 0 Å². The summed E-state index contributed by atoms with van der Waals surface area (Å²) in [4.78, 5) is 12.1. The van der Waals surface area contributed by atoms with Gasteiger partial charge in [0.1, 0.15) is 17.6 Å². The van der Waals surface area contributed by atoms with E-state index < -0.39 is 0 Å². The van der Waals surface area contributed by atoms with Crippen LogP contribution in [-0.2, 0) is 17.8 Å². The second kappa shape index (κ2) is 7.91. The zero-order valence-electron chi connectivity index (χ0n) is 14.9. The van der Waals surface area contributed by atoms with Crippen LogP contribution in [-0.4, -0.2) is 18.6 Å². The molecule has 1 saturated carbocycles. The third-order valence-corrected chi connectivity index (χ3v) is 5.11. The van der Waals surface area contributed by atoms with Crippen molar-refractivity contribution in [3.05, 3.63) is 23.3 Å². The summed E-state index contributed by atoms with van der Waals surface area (Å²) in [6.07, 6.45) is 8.04. The summed E-state index contributed by atoms with van der Waals surface area (Å²) < 4.78 is 11.6. The Labute approximate surface area is 144 Å². The van der Waals surface area contributed by atoms with E-state index in [1.165, 1.54) is 31.2 Å². The molecular formula is C20H29NO3. The standard InChI is InChI=1S/C20H29NO3/c1-3-23-18-11-16-10-14(2)24-19(16)12-17(18)13-21-20(22)9-8-15-6-4-5-7-15/h11-12,14-15H,3-10,13H2,1-2H3,(H,21,22). The van der Waals surface area contributed by atoms with Gasteiger partial charge < -0.3 is 14.8 Å². The van der Waals surface area contributed by atoms with Gasteiger partial charge in [0.05, 0.1) is 6.61 Å². The molecular weight excluding hydrogens is 302 g/mol. The van der Waals surface area contributed by atoms with Gasteiger partial charge in [0.15, 0.2) is 0 Å². The van der Waals surface area contributed by atoms with Gasteiger partial charge >= 0.3 is 0 Å². The fourth-order valence-electron chi connectivity index (χ4n) is 3.83. The van der Waals surface area contributed by atoms with Crippen LogP contribution in [0.5, 0.6) is 11.5 Å². The van der Waals surface area contributed by atoms with Crippen molar-refractivity contribution in [3.63, 3.8) is 0 Å². The Kier molecular flexibility index (Phi) is 5.64. The molecule has 0 radical (unpaired) electrons. The number of ether oxygens (including phenoxy) is 2. The second-order valence-electron chi connectivity index (χ2n) is 7.10. The largest absolute Gasteiger partial charge is 0.494 e. The summed E-state index contributed by atoms with van der Waals surface area (Å²) >= 11 is 0. The number of fused-ring (bicyclic) bond motifs is 1. The normalized spacial score (nSPS) is 19.8. The van der Waals surface area contributed by atoms with Crippen LogP contribution in [0.4, 0.5) is 0 Å². The van der Waals surface area contributed by atoms with Gasteiger partial charge in [0.2, 0.25) is 5.91 Å². The summed E-state index contributed by atoms with van der Waals surface area (Å²) in [5, 5.41) is 3.05. The van der Waals surface area contributed by atoms with Crippen molar-refractivity contribution < 1.29 is 14.3 Å². The van der Waals surface area contributed by atoms with E-state index in [-0.39, 0.29) is 12.0 Å².